The van der Waals surface area contributed by atoms with Crippen molar-refractivity contribution in [2.75, 3.05) is 0 Å². The molecule has 33 heavy (non-hydrogen) atoms. The maximum absolute atomic E-state index is 13.6. The molecule has 2 aliphatic rings. The molecule has 170 valence electrons. The number of hydrogen-bond acceptors (Lipinski definition) is 5. The van der Waals surface area contributed by atoms with Crippen LogP contribution in [0.5, 0.6) is 0 Å². The lowest BCUT2D eigenvalue weighted by Gasteiger charge is -2.31. The van der Waals surface area contributed by atoms with Crippen LogP contribution < -0.4 is 0 Å². The molecule has 0 N–H and O–H groups in total. The predicted octanol–water partition coefficient (Wildman–Crippen LogP) is 4.80. The zero-order valence-corrected chi connectivity index (χ0v) is 19.0. The summed E-state index contributed by atoms with van der Waals surface area (Å²) in [6.07, 6.45) is 2.73. The van der Waals surface area contributed by atoms with Gasteiger partial charge in [-0.1, -0.05) is 53.1 Å². The van der Waals surface area contributed by atoms with Gasteiger partial charge in [0.05, 0.1) is 23.3 Å². The molecule has 0 aromatic heterocycles. The number of nitro groups is 1. The quantitative estimate of drug-likeness (QED) is 0.261. The Kier molecular flexibility index (Phi) is 6.23. The summed E-state index contributed by atoms with van der Waals surface area (Å²) in [6, 6.07) is 10.0. The van der Waals surface area contributed by atoms with E-state index in [1.807, 2.05) is 13.0 Å². The van der Waals surface area contributed by atoms with Gasteiger partial charge in [0.2, 0.25) is 0 Å². The van der Waals surface area contributed by atoms with Crippen LogP contribution in [0.15, 0.2) is 54.1 Å². The summed E-state index contributed by atoms with van der Waals surface area (Å²) in [5.41, 5.74) is 0.760. The third kappa shape index (κ3) is 4.24. The SMILES string of the molecule is CC1=CC[C@H]2C(=O)N(N(Cc3ccc(Cl)cc3Cl)C(=O)c3ccccc3[N+](=O)[O-])C(=O)[C@H]2C1. The van der Waals surface area contributed by atoms with Gasteiger partial charge in [0.25, 0.3) is 23.4 Å². The molecule has 1 saturated heterocycles. The minimum atomic E-state index is -0.849. The standard InChI is InChI=1S/C23H19Cl2N3O5/c1-13-6-9-16-18(10-13)23(31)27(22(16)30)26(12-14-7-8-15(24)11-19(14)25)21(29)17-4-2-3-5-20(17)28(32)33/h2-8,11,16,18H,9-10,12H2,1H3/t16-,18+/m1/s1. The summed E-state index contributed by atoms with van der Waals surface area (Å²) < 4.78 is 0. The fraction of sp³-hybridized carbons (Fsp3) is 0.261. The highest BCUT2D eigenvalue weighted by Gasteiger charge is 2.51. The Hall–Kier alpha value is -3.23. The minimum absolute atomic E-state index is 0.233. The normalized spacial score (nSPS) is 19.8. The zero-order chi connectivity index (χ0) is 23.9. The van der Waals surface area contributed by atoms with Gasteiger partial charge in [-0.05, 0) is 43.5 Å². The highest BCUT2D eigenvalue weighted by Crippen LogP contribution is 2.39. The number of para-hydroxylation sites is 1. The van der Waals surface area contributed by atoms with Crippen molar-refractivity contribution >= 4 is 46.6 Å². The summed E-state index contributed by atoms with van der Waals surface area (Å²) in [4.78, 5) is 51.0. The third-order valence-electron chi connectivity index (χ3n) is 5.94. The lowest BCUT2D eigenvalue weighted by atomic mass is 9.82. The lowest BCUT2D eigenvalue weighted by molar-refractivity contribution is -0.385. The molecule has 0 saturated carbocycles. The van der Waals surface area contributed by atoms with Crippen LogP contribution >= 0.6 is 23.2 Å². The molecule has 1 fully saturated rings. The monoisotopic (exact) mass is 487 g/mol. The number of benzene rings is 2. The number of amides is 3. The summed E-state index contributed by atoms with van der Waals surface area (Å²) in [6.45, 7) is 1.64. The van der Waals surface area contributed by atoms with E-state index >= 15 is 0 Å². The second kappa shape index (κ2) is 8.96. The molecule has 1 aliphatic heterocycles. The number of rotatable bonds is 5. The number of nitro benzene ring substituents is 1. The maximum atomic E-state index is 13.6. The van der Waals surface area contributed by atoms with Gasteiger partial charge < -0.3 is 0 Å². The van der Waals surface area contributed by atoms with Crippen LogP contribution in [0.2, 0.25) is 10.0 Å². The molecule has 0 spiro atoms. The molecule has 1 aliphatic carbocycles. The van der Waals surface area contributed by atoms with E-state index in [4.69, 9.17) is 23.2 Å². The Balaban J connectivity index is 1.78. The van der Waals surface area contributed by atoms with Gasteiger partial charge in [0.1, 0.15) is 5.56 Å². The van der Waals surface area contributed by atoms with E-state index in [-0.39, 0.29) is 17.1 Å². The molecule has 10 heteroatoms. The summed E-state index contributed by atoms with van der Waals surface area (Å²) >= 11 is 12.3. The number of hydrogen-bond donors (Lipinski definition) is 0. The van der Waals surface area contributed by atoms with Crippen LogP contribution in [0.3, 0.4) is 0 Å². The van der Waals surface area contributed by atoms with Gasteiger partial charge in [-0.15, -0.1) is 0 Å². The minimum Gasteiger partial charge on any atom is -0.272 e. The van der Waals surface area contributed by atoms with Gasteiger partial charge in [-0.2, -0.15) is 5.01 Å². The first-order valence-electron chi connectivity index (χ1n) is 10.2. The van der Waals surface area contributed by atoms with Crippen molar-refractivity contribution in [3.05, 3.63) is 85.4 Å². The van der Waals surface area contributed by atoms with E-state index in [0.717, 1.165) is 15.6 Å². The number of nitrogens with zero attached hydrogens (tertiary/aromatic N) is 3. The summed E-state index contributed by atoms with van der Waals surface area (Å²) in [5.74, 6) is -3.02. The molecule has 2 aromatic rings. The molecule has 0 bridgehead atoms. The number of allylic oxidation sites excluding steroid dienone is 2. The average molecular weight is 488 g/mol. The zero-order valence-electron chi connectivity index (χ0n) is 17.5. The van der Waals surface area contributed by atoms with Gasteiger partial charge in [0, 0.05) is 16.1 Å². The highest BCUT2D eigenvalue weighted by atomic mass is 35.5. The maximum Gasteiger partial charge on any atom is 0.282 e. The fourth-order valence-corrected chi connectivity index (χ4v) is 4.72. The van der Waals surface area contributed by atoms with E-state index in [0.29, 0.717) is 23.4 Å². The van der Waals surface area contributed by atoms with Crippen LogP contribution in [0.1, 0.15) is 35.7 Å². The Morgan fingerprint density at radius 3 is 2.55 bits per heavy atom. The molecule has 0 unspecified atom stereocenters. The second-order valence-corrected chi connectivity index (χ2v) is 8.91. The predicted molar refractivity (Wildman–Crippen MR) is 121 cm³/mol. The number of carbonyl (C=O) groups excluding carboxylic acids is 3. The number of halogens is 2. The molecule has 1 heterocycles. The van der Waals surface area contributed by atoms with Crippen LogP contribution in [0.25, 0.3) is 0 Å². The van der Waals surface area contributed by atoms with Crippen molar-refractivity contribution in [2.24, 2.45) is 11.8 Å². The second-order valence-electron chi connectivity index (χ2n) is 8.06. The number of fused-ring (bicyclic) bond motifs is 1. The molecule has 2 atom stereocenters. The smallest absolute Gasteiger partial charge is 0.272 e. The molecule has 2 aromatic carbocycles. The van der Waals surface area contributed by atoms with Crippen LogP contribution in [0, 0.1) is 22.0 Å². The molecule has 3 amide bonds. The van der Waals surface area contributed by atoms with Gasteiger partial charge in [0.15, 0.2) is 0 Å². The Labute approximate surface area is 199 Å². The van der Waals surface area contributed by atoms with Crippen molar-refractivity contribution in [3.63, 3.8) is 0 Å². The van der Waals surface area contributed by atoms with Crippen molar-refractivity contribution in [1.29, 1.82) is 0 Å². The van der Waals surface area contributed by atoms with Crippen molar-refractivity contribution in [1.82, 2.24) is 10.0 Å². The summed E-state index contributed by atoms with van der Waals surface area (Å²) in [7, 11) is 0. The topological polar surface area (TPSA) is 101 Å². The summed E-state index contributed by atoms with van der Waals surface area (Å²) in [5, 5.41) is 13.9. The van der Waals surface area contributed by atoms with Crippen molar-refractivity contribution < 1.29 is 19.3 Å². The van der Waals surface area contributed by atoms with Gasteiger partial charge >= 0.3 is 0 Å². The third-order valence-corrected chi connectivity index (χ3v) is 6.53. The van der Waals surface area contributed by atoms with Crippen molar-refractivity contribution in [2.45, 2.75) is 26.3 Å². The number of carbonyl (C=O) groups is 3. The Bertz CT molecular complexity index is 1210. The van der Waals surface area contributed by atoms with Crippen LogP contribution in [0.4, 0.5) is 5.69 Å². The first kappa shape index (κ1) is 22.9. The lowest BCUT2D eigenvalue weighted by Crippen LogP contribution is -2.50. The first-order valence-corrected chi connectivity index (χ1v) is 11.0. The van der Waals surface area contributed by atoms with Gasteiger partial charge in [-0.25, -0.2) is 5.01 Å². The molecular weight excluding hydrogens is 469 g/mol. The average Bonchev–Trinajstić information content (AvgIpc) is 3.02. The Morgan fingerprint density at radius 1 is 1.15 bits per heavy atom. The molecule has 0 radical (unpaired) electrons. The largest absolute Gasteiger partial charge is 0.282 e. The number of imide groups is 1. The number of hydrazine groups is 1. The van der Waals surface area contributed by atoms with E-state index in [1.54, 1.807) is 12.1 Å². The molecular formula is C23H19Cl2N3O5. The highest BCUT2D eigenvalue weighted by molar-refractivity contribution is 6.35. The van der Waals surface area contributed by atoms with Crippen LogP contribution in [-0.4, -0.2) is 32.7 Å². The van der Waals surface area contributed by atoms with E-state index < -0.39 is 40.2 Å². The first-order chi connectivity index (χ1) is 15.7. The van der Waals surface area contributed by atoms with Crippen LogP contribution in [-0.2, 0) is 16.1 Å². The van der Waals surface area contributed by atoms with Crippen molar-refractivity contribution in [3.8, 4) is 0 Å². The molecule has 4 rings (SSSR count). The Morgan fingerprint density at radius 2 is 1.85 bits per heavy atom. The fourth-order valence-electron chi connectivity index (χ4n) is 4.26. The van der Waals surface area contributed by atoms with E-state index in [9.17, 15) is 24.5 Å². The van der Waals surface area contributed by atoms with E-state index in [1.165, 1.54) is 30.3 Å². The molecule has 8 nitrogen and oxygen atoms in total. The van der Waals surface area contributed by atoms with Gasteiger partial charge in [-0.3, -0.25) is 24.5 Å². The van der Waals surface area contributed by atoms with E-state index in [2.05, 4.69) is 0 Å².